The number of aromatic nitrogens is 3. The topological polar surface area (TPSA) is 152 Å². The standard InChI is InChI=1S/C20H28N6O3.CH2O2/c1-25-14(11-19(28)26-8-6-16(27)7-9-26)3-4-15(25)12-21-20(29)13-2-5-17-18(10-13)23-24-22-17;2-1-3/h2,5,10,14-16,27H,3-4,6-9,11-12H2,1H3,(H,21,29)(H,22,23,24);1H,(H,2,3)/t14-,15+;/m1./s1. The van der Waals surface area contributed by atoms with Crippen LogP contribution in [0.25, 0.3) is 11.0 Å². The molecule has 11 nitrogen and oxygen atoms in total. The summed E-state index contributed by atoms with van der Waals surface area (Å²) >= 11 is 0. The number of piperidine rings is 1. The van der Waals surface area contributed by atoms with Gasteiger partial charge in [0, 0.05) is 43.7 Å². The second-order valence-electron chi connectivity index (χ2n) is 8.21. The predicted octanol–water partition coefficient (Wildman–Crippen LogP) is 0.225. The number of benzene rings is 1. The van der Waals surface area contributed by atoms with Crippen molar-refractivity contribution in [2.24, 2.45) is 0 Å². The van der Waals surface area contributed by atoms with Crippen LogP contribution in [-0.4, -0.2) is 98.6 Å². The van der Waals surface area contributed by atoms with Gasteiger partial charge in [0.15, 0.2) is 0 Å². The maximum atomic E-state index is 12.6. The molecule has 2 aliphatic heterocycles. The van der Waals surface area contributed by atoms with Crippen LogP contribution in [0.5, 0.6) is 0 Å². The van der Waals surface area contributed by atoms with E-state index in [0.717, 1.165) is 18.4 Å². The van der Waals surface area contributed by atoms with Crippen LogP contribution in [0.3, 0.4) is 0 Å². The zero-order valence-corrected chi connectivity index (χ0v) is 18.1. The number of hydrogen-bond donors (Lipinski definition) is 4. The molecule has 3 heterocycles. The van der Waals surface area contributed by atoms with Gasteiger partial charge in [-0.15, -0.1) is 0 Å². The van der Waals surface area contributed by atoms with E-state index in [1.165, 1.54) is 0 Å². The normalized spacial score (nSPS) is 21.8. The summed E-state index contributed by atoms with van der Waals surface area (Å²) in [5.41, 5.74) is 1.96. The highest BCUT2D eigenvalue weighted by Crippen LogP contribution is 2.25. The minimum Gasteiger partial charge on any atom is -0.483 e. The third kappa shape index (κ3) is 5.80. The number of nitrogens with zero attached hydrogens (tertiary/aromatic N) is 4. The Labute approximate surface area is 185 Å². The average Bonchev–Trinajstić information content (AvgIpc) is 3.39. The number of hydrogen-bond acceptors (Lipinski definition) is 7. The molecule has 2 saturated heterocycles. The van der Waals surface area contributed by atoms with Crippen LogP contribution < -0.4 is 5.32 Å². The van der Waals surface area contributed by atoms with E-state index in [-0.39, 0.29) is 36.5 Å². The highest BCUT2D eigenvalue weighted by atomic mass is 16.3. The molecule has 174 valence electrons. The third-order valence-corrected chi connectivity index (χ3v) is 6.29. The second-order valence-corrected chi connectivity index (χ2v) is 8.21. The number of rotatable bonds is 5. The molecule has 4 N–H and O–H groups in total. The van der Waals surface area contributed by atoms with E-state index in [0.29, 0.717) is 50.0 Å². The SMILES string of the molecule is CN1[C@@H](CC(=O)N2CCC(O)CC2)CC[C@H]1CNC(=O)c1ccc2n[nH]nc2c1.O=CO. The van der Waals surface area contributed by atoms with E-state index in [2.05, 4.69) is 25.6 Å². The number of aliphatic hydroxyl groups excluding tert-OH is 1. The summed E-state index contributed by atoms with van der Waals surface area (Å²) in [5.74, 6) is 0.0362. The van der Waals surface area contributed by atoms with Gasteiger partial charge in [-0.05, 0) is 50.9 Å². The molecule has 0 spiro atoms. The smallest absolute Gasteiger partial charge is 0.290 e. The molecule has 32 heavy (non-hydrogen) atoms. The Morgan fingerprint density at radius 3 is 2.53 bits per heavy atom. The molecule has 2 atom stereocenters. The average molecular weight is 447 g/mol. The van der Waals surface area contributed by atoms with Crippen molar-refractivity contribution >= 4 is 29.3 Å². The lowest BCUT2D eigenvalue weighted by Gasteiger charge is -2.32. The molecule has 2 aliphatic rings. The number of amides is 2. The lowest BCUT2D eigenvalue weighted by Crippen LogP contribution is -2.45. The quantitative estimate of drug-likeness (QED) is 0.476. The lowest BCUT2D eigenvalue weighted by molar-refractivity contribution is -0.134. The van der Waals surface area contributed by atoms with Gasteiger partial charge >= 0.3 is 0 Å². The van der Waals surface area contributed by atoms with Gasteiger partial charge in [-0.3, -0.25) is 19.3 Å². The third-order valence-electron chi connectivity index (χ3n) is 6.29. The van der Waals surface area contributed by atoms with Crippen molar-refractivity contribution in [1.82, 2.24) is 30.5 Å². The second kappa shape index (κ2) is 11.0. The van der Waals surface area contributed by atoms with E-state index >= 15 is 0 Å². The Bertz CT molecular complexity index is 926. The van der Waals surface area contributed by atoms with Gasteiger partial charge in [0.2, 0.25) is 5.91 Å². The molecule has 2 aromatic rings. The molecule has 0 unspecified atom stereocenters. The molecule has 0 bridgehead atoms. The number of aliphatic hydroxyl groups is 1. The van der Waals surface area contributed by atoms with E-state index in [9.17, 15) is 14.7 Å². The zero-order valence-electron chi connectivity index (χ0n) is 18.1. The molecule has 0 radical (unpaired) electrons. The monoisotopic (exact) mass is 446 g/mol. The summed E-state index contributed by atoms with van der Waals surface area (Å²) in [6.07, 6.45) is 3.47. The van der Waals surface area contributed by atoms with E-state index in [4.69, 9.17) is 9.90 Å². The number of likely N-dealkylation sites (tertiary alicyclic amines) is 2. The molecule has 1 aromatic carbocycles. The first-order chi connectivity index (χ1) is 15.4. The first kappa shape index (κ1) is 23.6. The Balaban J connectivity index is 0.000000913. The molecule has 1 aromatic heterocycles. The molecule has 2 fully saturated rings. The summed E-state index contributed by atoms with van der Waals surface area (Å²) < 4.78 is 0. The molecule has 4 rings (SSSR count). The molecule has 11 heteroatoms. The van der Waals surface area contributed by atoms with Crippen LogP contribution in [0.4, 0.5) is 0 Å². The Morgan fingerprint density at radius 2 is 1.81 bits per heavy atom. The Hall–Kier alpha value is -3.05. The fraction of sp³-hybridized carbons (Fsp3) is 0.571. The van der Waals surface area contributed by atoms with E-state index in [1.807, 2.05) is 11.9 Å². The maximum Gasteiger partial charge on any atom is 0.290 e. The number of carbonyl (C=O) groups is 3. The summed E-state index contributed by atoms with van der Waals surface area (Å²) in [5, 5.41) is 30.1. The van der Waals surface area contributed by atoms with Crippen LogP contribution in [-0.2, 0) is 9.59 Å². The molecule has 0 aliphatic carbocycles. The molecular weight excluding hydrogens is 416 g/mol. The maximum absolute atomic E-state index is 12.6. The Morgan fingerprint density at radius 1 is 1.16 bits per heavy atom. The van der Waals surface area contributed by atoms with Crippen LogP contribution in [0, 0.1) is 0 Å². The fourth-order valence-electron chi connectivity index (χ4n) is 4.32. The lowest BCUT2D eigenvalue weighted by atomic mass is 10.1. The number of fused-ring (bicyclic) bond motifs is 1. The van der Waals surface area contributed by atoms with Gasteiger partial charge in [-0.1, -0.05) is 0 Å². The minimum absolute atomic E-state index is 0.130. The van der Waals surface area contributed by atoms with Crippen molar-refractivity contribution in [3.63, 3.8) is 0 Å². The summed E-state index contributed by atoms with van der Waals surface area (Å²) in [6, 6.07) is 5.66. The van der Waals surface area contributed by atoms with E-state index in [1.54, 1.807) is 18.2 Å². The number of nitrogens with one attached hydrogen (secondary N) is 2. The molecule has 2 amide bonds. The van der Waals surface area contributed by atoms with Gasteiger partial charge < -0.3 is 20.4 Å². The summed E-state index contributed by atoms with van der Waals surface area (Å²) in [6.45, 7) is 1.59. The fourth-order valence-corrected chi connectivity index (χ4v) is 4.32. The van der Waals surface area contributed by atoms with Crippen molar-refractivity contribution in [3.8, 4) is 0 Å². The number of carbonyl (C=O) groups excluding carboxylic acids is 2. The number of carboxylic acid groups (broad SMARTS) is 1. The van der Waals surface area contributed by atoms with Crippen molar-refractivity contribution in [2.75, 3.05) is 26.7 Å². The van der Waals surface area contributed by atoms with Gasteiger partial charge in [0.1, 0.15) is 11.0 Å². The predicted molar refractivity (Wildman–Crippen MR) is 116 cm³/mol. The van der Waals surface area contributed by atoms with Crippen LogP contribution in [0.1, 0.15) is 42.5 Å². The van der Waals surface area contributed by atoms with E-state index < -0.39 is 0 Å². The van der Waals surface area contributed by atoms with Gasteiger partial charge in [-0.25, -0.2) is 0 Å². The summed E-state index contributed by atoms with van der Waals surface area (Å²) in [4.78, 5) is 37.5. The minimum atomic E-state index is -0.272. The van der Waals surface area contributed by atoms with Gasteiger partial charge in [-0.2, -0.15) is 15.4 Å². The summed E-state index contributed by atoms with van der Waals surface area (Å²) in [7, 11) is 2.03. The first-order valence-corrected chi connectivity index (χ1v) is 10.8. The van der Waals surface area contributed by atoms with Gasteiger partial charge in [0.25, 0.3) is 12.4 Å². The van der Waals surface area contributed by atoms with Crippen molar-refractivity contribution in [1.29, 1.82) is 0 Å². The van der Waals surface area contributed by atoms with Crippen molar-refractivity contribution < 1.29 is 24.6 Å². The highest BCUT2D eigenvalue weighted by molar-refractivity contribution is 5.97. The molecule has 0 saturated carbocycles. The van der Waals surface area contributed by atoms with Crippen LogP contribution in [0.15, 0.2) is 18.2 Å². The van der Waals surface area contributed by atoms with Crippen LogP contribution in [0.2, 0.25) is 0 Å². The zero-order chi connectivity index (χ0) is 23.1. The Kier molecular flexibility index (Phi) is 8.12. The highest BCUT2D eigenvalue weighted by Gasteiger charge is 2.33. The van der Waals surface area contributed by atoms with Gasteiger partial charge in [0.05, 0.1) is 6.10 Å². The number of H-pyrrole nitrogens is 1. The number of likely N-dealkylation sites (N-methyl/N-ethyl adjacent to an activating group) is 1. The first-order valence-electron chi connectivity index (χ1n) is 10.8. The van der Waals surface area contributed by atoms with Crippen molar-refractivity contribution in [3.05, 3.63) is 23.8 Å². The number of aromatic amines is 1. The van der Waals surface area contributed by atoms with Crippen molar-refractivity contribution in [2.45, 2.75) is 50.3 Å². The molecular formula is C21H30N6O5. The van der Waals surface area contributed by atoms with Crippen LogP contribution >= 0.6 is 0 Å². The largest absolute Gasteiger partial charge is 0.483 e.